The van der Waals surface area contributed by atoms with Gasteiger partial charge in [0.15, 0.2) is 11.6 Å². The molecule has 0 bridgehead atoms. The van der Waals surface area contributed by atoms with Gasteiger partial charge in [0, 0.05) is 17.4 Å². The molecular weight excluding hydrogens is 241 g/mol. The highest BCUT2D eigenvalue weighted by atomic mass is 19.2. The maximum atomic E-state index is 13.3. The summed E-state index contributed by atoms with van der Waals surface area (Å²) in [5.74, 6) is -2.62. The molecule has 0 atom stereocenters. The molecular formula is C13H7F3N2. The van der Waals surface area contributed by atoms with Crippen LogP contribution in [0.5, 0.6) is 0 Å². The van der Waals surface area contributed by atoms with Crippen molar-refractivity contribution in [2.24, 2.45) is 0 Å². The van der Waals surface area contributed by atoms with Gasteiger partial charge in [0.1, 0.15) is 11.9 Å². The Hall–Kier alpha value is -2.48. The second-order valence-electron chi connectivity index (χ2n) is 3.56. The second-order valence-corrected chi connectivity index (χ2v) is 3.56. The van der Waals surface area contributed by atoms with Crippen LogP contribution in [0.3, 0.4) is 0 Å². The fourth-order valence-electron chi connectivity index (χ4n) is 1.42. The van der Waals surface area contributed by atoms with Gasteiger partial charge in [0.25, 0.3) is 0 Å². The van der Waals surface area contributed by atoms with Crippen LogP contribution in [0.25, 0.3) is 0 Å². The zero-order valence-electron chi connectivity index (χ0n) is 9.05. The molecule has 0 fully saturated rings. The van der Waals surface area contributed by atoms with E-state index < -0.39 is 17.5 Å². The fraction of sp³-hybridized carbons (Fsp3) is 0. The van der Waals surface area contributed by atoms with Gasteiger partial charge in [-0.25, -0.2) is 13.2 Å². The van der Waals surface area contributed by atoms with Crippen molar-refractivity contribution < 1.29 is 13.2 Å². The summed E-state index contributed by atoms with van der Waals surface area (Å²) in [6.07, 6.45) is 0. The van der Waals surface area contributed by atoms with Gasteiger partial charge in [-0.05, 0) is 30.3 Å². The summed E-state index contributed by atoms with van der Waals surface area (Å²) in [6, 6.07) is 8.84. The van der Waals surface area contributed by atoms with Crippen LogP contribution in [0.2, 0.25) is 0 Å². The van der Waals surface area contributed by atoms with Crippen LogP contribution >= 0.6 is 0 Å². The SMILES string of the molecule is N#Cc1ccc(Nc2ccc(F)c(F)c2)cc1F. The van der Waals surface area contributed by atoms with Gasteiger partial charge in [0.05, 0.1) is 5.56 Å². The third-order valence-corrected chi connectivity index (χ3v) is 2.30. The lowest BCUT2D eigenvalue weighted by atomic mass is 10.2. The summed E-state index contributed by atoms with van der Waals surface area (Å²) < 4.78 is 38.9. The highest BCUT2D eigenvalue weighted by Crippen LogP contribution is 2.20. The molecule has 0 heterocycles. The smallest absolute Gasteiger partial charge is 0.160 e. The third-order valence-electron chi connectivity index (χ3n) is 2.30. The van der Waals surface area contributed by atoms with Crippen LogP contribution in [0.4, 0.5) is 24.5 Å². The Balaban J connectivity index is 2.26. The van der Waals surface area contributed by atoms with Crippen LogP contribution < -0.4 is 5.32 Å². The van der Waals surface area contributed by atoms with Gasteiger partial charge >= 0.3 is 0 Å². The Kier molecular flexibility index (Phi) is 3.20. The first-order chi connectivity index (χ1) is 8.60. The van der Waals surface area contributed by atoms with E-state index in [1.54, 1.807) is 6.07 Å². The number of nitriles is 1. The van der Waals surface area contributed by atoms with Gasteiger partial charge < -0.3 is 5.32 Å². The molecule has 0 aromatic heterocycles. The minimum atomic E-state index is -0.992. The Morgan fingerprint density at radius 1 is 0.833 bits per heavy atom. The predicted molar refractivity (Wildman–Crippen MR) is 60.8 cm³/mol. The molecule has 0 saturated heterocycles. The lowest BCUT2D eigenvalue weighted by Crippen LogP contribution is -1.94. The van der Waals surface area contributed by atoms with E-state index in [0.29, 0.717) is 5.69 Å². The molecule has 0 saturated carbocycles. The molecule has 0 spiro atoms. The molecule has 2 aromatic rings. The Morgan fingerprint density at radius 3 is 2.00 bits per heavy atom. The number of hydrogen-bond donors (Lipinski definition) is 1. The minimum absolute atomic E-state index is 0.0779. The number of nitrogens with zero attached hydrogens (tertiary/aromatic N) is 1. The third kappa shape index (κ3) is 2.43. The zero-order chi connectivity index (χ0) is 13.1. The number of nitrogens with one attached hydrogen (secondary N) is 1. The molecule has 18 heavy (non-hydrogen) atoms. The number of anilines is 2. The first-order valence-electron chi connectivity index (χ1n) is 5.02. The average molecular weight is 248 g/mol. The predicted octanol–water partition coefficient (Wildman–Crippen LogP) is 3.72. The van der Waals surface area contributed by atoms with E-state index >= 15 is 0 Å². The molecule has 1 N–H and O–H groups in total. The number of halogens is 3. The number of rotatable bonds is 2. The van der Waals surface area contributed by atoms with Gasteiger partial charge in [-0.2, -0.15) is 5.26 Å². The van der Waals surface area contributed by atoms with Crippen molar-refractivity contribution in [1.29, 1.82) is 5.26 Å². The van der Waals surface area contributed by atoms with Crippen molar-refractivity contribution in [2.45, 2.75) is 0 Å². The molecule has 2 nitrogen and oxygen atoms in total. The van der Waals surface area contributed by atoms with Gasteiger partial charge in [-0.3, -0.25) is 0 Å². The van der Waals surface area contributed by atoms with Crippen molar-refractivity contribution in [2.75, 3.05) is 5.32 Å². The molecule has 0 aliphatic heterocycles. The average Bonchev–Trinajstić information content (AvgIpc) is 2.34. The molecule has 0 radical (unpaired) electrons. The maximum Gasteiger partial charge on any atom is 0.160 e. The normalized spacial score (nSPS) is 9.89. The standard InChI is InChI=1S/C13H7F3N2/c14-11-4-3-10(6-13(11)16)18-9-2-1-8(7-17)12(15)5-9/h1-6,18H. The molecule has 2 rings (SSSR count). The van der Waals surface area contributed by atoms with E-state index in [1.165, 1.54) is 18.2 Å². The summed E-state index contributed by atoms with van der Waals surface area (Å²) in [4.78, 5) is 0. The zero-order valence-corrected chi connectivity index (χ0v) is 9.05. The summed E-state index contributed by atoms with van der Waals surface area (Å²) >= 11 is 0. The van der Waals surface area contributed by atoms with Crippen LogP contribution in [0.15, 0.2) is 36.4 Å². The highest BCUT2D eigenvalue weighted by Gasteiger charge is 2.05. The van der Waals surface area contributed by atoms with Crippen LogP contribution in [-0.2, 0) is 0 Å². The Morgan fingerprint density at radius 2 is 1.44 bits per heavy atom. The molecule has 5 heteroatoms. The van der Waals surface area contributed by atoms with Crippen molar-refractivity contribution in [3.05, 3.63) is 59.4 Å². The van der Waals surface area contributed by atoms with Crippen molar-refractivity contribution in [3.8, 4) is 6.07 Å². The molecule has 0 unspecified atom stereocenters. The first-order valence-corrected chi connectivity index (χ1v) is 5.02. The van der Waals surface area contributed by atoms with Gasteiger partial charge in [-0.15, -0.1) is 0 Å². The maximum absolute atomic E-state index is 13.3. The fourth-order valence-corrected chi connectivity index (χ4v) is 1.42. The van der Waals surface area contributed by atoms with E-state index in [4.69, 9.17) is 5.26 Å². The van der Waals surface area contributed by atoms with E-state index in [9.17, 15) is 13.2 Å². The quantitative estimate of drug-likeness (QED) is 0.879. The van der Waals surface area contributed by atoms with Crippen molar-refractivity contribution in [1.82, 2.24) is 0 Å². The van der Waals surface area contributed by atoms with Gasteiger partial charge in [0.2, 0.25) is 0 Å². The summed E-state index contributed by atoms with van der Waals surface area (Å²) in [5, 5.41) is 11.3. The van der Waals surface area contributed by atoms with E-state index in [1.807, 2.05) is 0 Å². The molecule has 2 aromatic carbocycles. The Bertz CT molecular complexity index is 633. The lowest BCUT2D eigenvalue weighted by molar-refractivity contribution is 0.509. The Labute approximate surface area is 101 Å². The summed E-state index contributed by atoms with van der Waals surface area (Å²) in [6.45, 7) is 0. The van der Waals surface area contributed by atoms with Gasteiger partial charge in [-0.1, -0.05) is 0 Å². The largest absolute Gasteiger partial charge is 0.355 e. The molecule has 90 valence electrons. The van der Waals surface area contributed by atoms with Crippen LogP contribution in [0.1, 0.15) is 5.56 Å². The monoisotopic (exact) mass is 248 g/mol. The molecule has 0 aliphatic rings. The van der Waals surface area contributed by atoms with Crippen LogP contribution in [-0.4, -0.2) is 0 Å². The number of hydrogen-bond acceptors (Lipinski definition) is 2. The minimum Gasteiger partial charge on any atom is -0.355 e. The lowest BCUT2D eigenvalue weighted by Gasteiger charge is -2.07. The van der Waals surface area contributed by atoms with Crippen molar-refractivity contribution >= 4 is 11.4 Å². The summed E-state index contributed by atoms with van der Waals surface area (Å²) in [7, 11) is 0. The van der Waals surface area contributed by atoms with Crippen LogP contribution in [0, 0.1) is 28.8 Å². The first kappa shape index (κ1) is 12.0. The van der Waals surface area contributed by atoms with E-state index in [0.717, 1.165) is 18.2 Å². The molecule has 0 aliphatic carbocycles. The summed E-state index contributed by atoms with van der Waals surface area (Å²) in [5.41, 5.74) is 0.557. The van der Waals surface area contributed by atoms with E-state index in [-0.39, 0.29) is 11.3 Å². The number of benzene rings is 2. The topological polar surface area (TPSA) is 35.8 Å². The molecule has 0 amide bonds. The highest BCUT2D eigenvalue weighted by molar-refractivity contribution is 5.60. The van der Waals surface area contributed by atoms with Crippen molar-refractivity contribution in [3.63, 3.8) is 0 Å². The second kappa shape index (κ2) is 4.80. The van der Waals surface area contributed by atoms with E-state index in [2.05, 4.69) is 5.32 Å².